The molecule has 1 aliphatic carbocycles. The third kappa shape index (κ3) is 2.67. The van der Waals surface area contributed by atoms with Gasteiger partial charge in [-0.3, -0.25) is 4.79 Å². The Labute approximate surface area is 113 Å². The molecule has 0 saturated heterocycles. The van der Waals surface area contributed by atoms with Gasteiger partial charge in [-0.25, -0.2) is 0 Å². The zero-order chi connectivity index (χ0) is 13.2. The molecule has 19 heavy (non-hydrogen) atoms. The second-order valence-corrected chi connectivity index (χ2v) is 5.53. The minimum Gasteiger partial charge on any atom is -0.482 e. The van der Waals surface area contributed by atoms with Crippen molar-refractivity contribution in [2.45, 2.75) is 38.6 Å². The largest absolute Gasteiger partial charge is 0.482 e. The summed E-state index contributed by atoms with van der Waals surface area (Å²) in [6.45, 7) is 2.35. The fourth-order valence-electron chi connectivity index (χ4n) is 3.01. The number of benzene rings is 1. The number of ether oxygens (including phenoxy) is 1. The van der Waals surface area contributed by atoms with Crippen molar-refractivity contribution in [1.82, 2.24) is 0 Å². The molecule has 1 heterocycles. The van der Waals surface area contributed by atoms with E-state index in [2.05, 4.69) is 17.6 Å². The highest BCUT2D eigenvalue weighted by molar-refractivity contribution is 5.96. The Hall–Kier alpha value is -1.71. The summed E-state index contributed by atoms with van der Waals surface area (Å²) in [6, 6.07) is 6.36. The fourth-order valence-corrected chi connectivity index (χ4v) is 3.01. The van der Waals surface area contributed by atoms with Crippen molar-refractivity contribution in [2.75, 3.05) is 17.2 Å². The molecule has 1 aliphatic heterocycles. The van der Waals surface area contributed by atoms with E-state index in [1.165, 1.54) is 25.7 Å². The Balaban J connectivity index is 1.71. The molecule has 102 valence electrons. The van der Waals surface area contributed by atoms with Gasteiger partial charge in [0.15, 0.2) is 6.61 Å². The number of amides is 1. The highest BCUT2D eigenvalue weighted by Gasteiger charge is 2.22. The van der Waals surface area contributed by atoms with Gasteiger partial charge in [0.25, 0.3) is 5.91 Å². The van der Waals surface area contributed by atoms with Crippen LogP contribution in [0.15, 0.2) is 18.2 Å². The van der Waals surface area contributed by atoms with Crippen molar-refractivity contribution in [3.63, 3.8) is 0 Å². The molecular weight excluding hydrogens is 240 g/mol. The number of hydrogen-bond donors (Lipinski definition) is 2. The lowest BCUT2D eigenvalue weighted by Crippen LogP contribution is -2.26. The highest BCUT2D eigenvalue weighted by Crippen LogP contribution is 2.33. The van der Waals surface area contributed by atoms with Gasteiger partial charge in [-0.15, -0.1) is 0 Å². The monoisotopic (exact) mass is 260 g/mol. The summed E-state index contributed by atoms with van der Waals surface area (Å²) >= 11 is 0. The van der Waals surface area contributed by atoms with Crippen molar-refractivity contribution in [3.05, 3.63) is 18.2 Å². The molecule has 0 bridgehead atoms. The summed E-state index contributed by atoms with van der Waals surface area (Å²) in [5.41, 5.74) is 1.81. The van der Waals surface area contributed by atoms with Crippen LogP contribution in [0.25, 0.3) is 0 Å². The van der Waals surface area contributed by atoms with Crippen LogP contribution in [0.3, 0.4) is 0 Å². The van der Waals surface area contributed by atoms with Crippen LogP contribution < -0.4 is 15.4 Å². The Bertz CT molecular complexity index is 481. The van der Waals surface area contributed by atoms with Crippen LogP contribution in [0.5, 0.6) is 5.75 Å². The molecule has 4 nitrogen and oxygen atoms in total. The molecular formula is C15H20N2O2. The smallest absolute Gasteiger partial charge is 0.262 e. The van der Waals surface area contributed by atoms with Crippen LogP contribution in [0.4, 0.5) is 11.4 Å². The lowest BCUT2D eigenvalue weighted by atomic mass is 9.99. The Morgan fingerprint density at radius 1 is 1.37 bits per heavy atom. The average molecular weight is 260 g/mol. The van der Waals surface area contributed by atoms with E-state index in [9.17, 15) is 4.79 Å². The molecule has 0 aromatic heterocycles. The van der Waals surface area contributed by atoms with Gasteiger partial charge in [-0.1, -0.05) is 12.8 Å². The minimum absolute atomic E-state index is 0.0894. The van der Waals surface area contributed by atoms with Gasteiger partial charge >= 0.3 is 0 Å². The number of carbonyl (C=O) groups excluding carboxylic acids is 1. The normalized spacial score (nSPS) is 20.4. The van der Waals surface area contributed by atoms with Crippen molar-refractivity contribution >= 4 is 17.3 Å². The first-order valence-electron chi connectivity index (χ1n) is 7.05. The van der Waals surface area contributed by atoms with E-state index in [1.807, 2.05) is 18.2 Å². The Morgan fingerprint density at radius 3 is 2.95 bits per heavy atom. The topological polar surface area (TPSA) is 50.4 Å². The van der Waals surface area contributed by atoms with Gasteiger partial charge in [-0.05, 0) is 43.9 Å². The van der Waals surface area contributed by atoms with Gasteiger partial charge < -0.3 is 15.4 Å². The first kappa shape index (κ1) is 12.3. The summed E-state index contributed by atoms with van der Waals surface area (Å²) in [5, 5.41) is 6.38. The number of carbonyl (C=O) groups is 1. The first-order valence-corrected chi connectivity index (χ1v) is 7.05. The van der Waals surface area contributed by atoms with Gasteiger partial charge in [-0.2, -0.15) is 0 Å². The van der Waals surface area contributed by atoms with E-state index < -0.39 is 0 Å². The number of hydrogen-bond acceptors (Lipinski definition) is 3. The van der Waals surface area contributed by atoms with Gasteiger partial charge in [0, 0.05) is 11.7 Å². The molecule has 0 radical (unpaired) electrons. The van der Waals surface area contributed by atoms with Crippen LogP contribution in [-0.4, -0.2) is 18.6 Å². The van der Waals surface area contributed by atoms with Crippen molar-refractivity contribution in [3.8, 4) is 5.75 Å². The lowest BCUT2D eigenvalue weighted by Gasteiger charge is -2.23. The number of fused-ring (bicyclic) bond motifs is 1. The molecule has 1 fully saturated rings. The summed E-state index contributed by atoms with van der Waals surface area (Å²) in [7, 11) is 0. The van der Waals surface area contributed by atoms with Crippen LogP contribution in [0, 0.1) is 5.92 Å². The summed E-state index contributed by atoms with van der Waals surface area (Å²) in [4.78, 5) is 11.3. The highest BCUT2D eigenvalue weighted by atomic mass is 16.5. The van der Waals surface area contributed by atoms with Gasteiger partial charge in [0.05, 0.1) is 5.69 Å². The van der Waals surface area contributed by atoms with Crippen LogP contribution in [0.1, 0.15) is 32.6 Å². The standard InChI is InChI=1S/C15H20N2O2/c1-10(11-4-2-3-5-11)16-12-6-7-14-13(8-12)17-15(18)9-19-14/h6-8,10-11,16H,2-5,9H2,1H3,(H,17,18). The predicted molar refractivity (Wildman–Crippen MR) is 75.6 cm³/mol. The van der Waals surface area contributed by atoms with Crippen LogP contribution >= 0.6 is 0 Å². The number of nitrogens with one attached hydrogen (secondary N) is 2. The summed E-state index contributed by atoms with van der Waals surface area (Å²) < 4.78 is 5.36. The zero-order valence-corrected chi connectivity index (χ0v) is 11.2. The molecule has 4 heteroatoms. The van der Waals surface area contributed by atoms with Crippen molar-refractivity contribution in [2.24, 2.45) is 5.92 Å². The molecule has 2 aliphatic rings. The van der Waals surface area contributed by atoms with Crippen LogP contribution in [0.2, 0.25) is 0 Å². The Morgan fingerprint density at radius 2 is 2.16 bits per heavy atom. The fraction of sp³-hybridized carbons (Fsp3) is 0.533. The third-order valence-electron chi connectivity index (χ3n) is 4.11. The maximum Gasteiger partial charge on any atom is 0.262 e. The quantitative estimate of drug-likeness (QED) is 0.878. The number of rotatable bonds is 3. The predicted octanol–water partition coefficient (Wildman–Crippen LogP) is 3.01. The van der Waals surface area contributed by atoms with Gasteiger partial charge in [0.1, 0.15) is 5.75 Å². The zero-order valence-electron chi connectivity index (χ0n) is 11.2. The van der Waals surface area contributed by atoms with E-state index in [-0.39, 0.29) is 12.5 Å². The van der Waals surface area contributed by atoms with Crippen molar-refractivity contribution in [1.29, 1.82) is 0 Å². The molecule has 3 rings (SSSR count). The Kier molecular flexibility index (Phi) is 3.32. The van der Waals surface area contributed by atoms with E-state index in [1.54, 1.807) is 0 Å². The maximum absolute atomic E-state index is 11.3. The number of anilines is 2. The molecule has 1 atom stereocenters. The minimum atomic E-state index is -0.0894. The second-order valence-electron chi connectivity index (χ2n) is 5.53. The maximum atomic E-state index is 11.3. The SMILES string of the molecule is CC(Nc1ccc2c(c1)NC(=O)CO2)C1CCCC1. The molecule has 1 unspecified atom stereocenters. The van der Waals surface area contributed by atoms with E-state index in [4.69, 9.17) is 4.74 Å². The first-order chi connectivity index (χ1) is 9.22. The van der Waals surface area contributed by atoms with Gasteiger partial charge in [0.2, 0.25) is 0 Å². The van der Waals surface area contributed by atoms with E-state index >= 15 is 0 Å². The van der Waals surface area contributed by atoms with Crippen LogP contribution in [-0.2, 0) is 4.79 Å². The molecule has 1 saturated carbocycles. The average Bonchev–Trinajstić information content (AvgIpc) is 2.92. The summed E-state index contributed by atoms with van der Waals surface area (Å²) in [5.74, 6) is 1.43. The molecule has 1 amide bonds. The van der Waals surface area contributed by atoms with E-state index in [0.717, 1.165) is 23.0 Å². The summed E-state index contributed by atoms with van der Waals surface area (Å²) in [6.07, 6.45) is 5.34. The van der Waals surface area contributed by atoms with E-state index in [0.29, 0.717) is 6.04 Å². The molecule has 0 spiro atoms. The lowest BCUT2D eigenvalue weighted by molar-refractivity contribution is -0.118. The molecule has 1 aromatic rings. The van der Waals surface area contributed by atoms with Crippen molar-refractivity contribution < 1.29 is 9.53 Å². The molecule has 1 aromatic carbocycles. The second kappa shape index (κ2) is 5.11. The molecule has 2 N–H and O–H groups in total. The third-order valence-corrected chi connectivity index (χ3v) is 4.11.